The molecule has 0 radical (unpaired) electrons. The van der Waals surface area contributed by atoms with Crippen LogP contribution in [-0.4, -0.2) is 11.0 Å². The fraction of sp³-hybridized carbons (Fsp3) is 0.125. The van der Waals surface area contributed by atoms with E-state index >= 15 is 0 Å². The van der Waals surface area contributed by atoms with Crippen LogP contribution in [0.5, 0.6) is 5.75 Å². The number of hydrogen-bond donors (Lipinski definition) is 2. The molecule has 0 heterocycles. The maximum Gasteiger partial charge on any atom is 0.221 e. The molecule has 1 aromatic rings. The Hall–Kier alpha value is -0.930. The van der Waals surface area contributed by atoms with Crippen molar-refractivity contribution in [3.63, 3.8) is 0 Å². The third-order valence-corrected chi connectivity index (χ3v) is 1.96. The monoisotopic (exact) mass is 219 g/mol. The van der Waals surface area contributed by atoms with Gasteiger partial charge >= 0.3 is 0 Å². The van der Waals surface area contributed by atoms with E-state index in [0.717, 1.165) is 0 Å². The molecule has 0 aromatic heterocycles. The van der Waals surface area contributed by atoms with Crippen molar-refractivity contribution in [2.24, 2.45) is 0 Å². The summed E-state index contributed by atoms with van der Waals surface area (Å²) < 4.78 is 0. The zero-order valence-corrected chi connectivity index (χ0v) is 8.28. The summed E-state index contributed by atoms with van der Waals surface area (Å²) >= 11 is 11.3. The molecule has 1 rings (SSSR count). The third kappa shape index (κ3) is 2.50. The van der Waals surface area contributed by atoms with E-state index in [-0.39, 0.29) is 21.7 Å². The van der Waals surface area contributed by atoms with Crippen LogP contribution < -0.4 is 5.32 Å². The first-order valence-electron chi connectivity index (χ1n) is 3.46. The molecule has 0 saturated heterocycles. The SMILES string of the molecule is CC(=O)Nc1cc(O)c(Cl)cc1Cl. The van der Waals surface area contributed by atoms with Crippen LogP contribution in [0.4, 0.5) is 5.69 Å². The van der Waals surface area contributed by atoms with Crippen LogP contribution in [0.3, 0.4) is 0 Å². The second-order valence-corrected chi connectivity index (χ2v) is 3.28. The lowest BCUT2D eigenvalue weighted by Gasteiger charge is -2.06. The van der Waals surface area contributed by atoms with E-state index in [1.54, 1.807) is 0 Å². The highest BCUT2D eigenvalue weighted by Crippen LogP contribution is 2.33. The number of amides is 1. The summed E-state index contributed by atoms with van der Waals surface area (Å²) in [6, 6.07) is 2.66. The Balaban J connectivity index is 3.08. The van der Waals surface area contributed by atoms with Gasteiger partial charge in [0.05, 0.1) is 15.7 Å². The number of carbonyl (C=O) groups is 1. The summed E-state index contributed by atoms with van der Waals surface area (Å²) in [5, 5.41) is 12.1. The Bertz CT molecular complexity index is 352. The molecule has 0 bridgehead atoms. The number of nitrogens with one attached hydrogen (secondary N) is 1. The van der Waals surface area contributed by atoms with Crippen LogP contribution in [0.2, 0.25) is 10.0 Å². The number of benzene rings is 1. The van der Waals surface area contributed by atoms with Crippen LogP contribution >= 0.6 is 23.2 Å². The van der Waals surface area contributed by atoms with Crippen molar-refractivity contribution in [3.8, 4) is 5.75 Å². The molecule has 5 heteroatoms. The van der Waals surface area contributed by atoms with E-state index < -0.39 is 0 Å². The van der Waals surface area contributed by atoms with Gasteiger partial charge < -0.3 is 10.4 Å². The number of hydrogen-bond acceptors (Lipinski definition) is 2. The predicted octanol–water partition coefficient (Wildman–Crippen LogP) is 2.66. The smallest absolute Gasteiger partial charge is 0.221 e. The van der Waals surface area contributed by atoms with E-state index in [0.29, 0.717) is 5.69 Å². The van der Waals surface area contributed by atoms with E-state index in [1.807, 2.05) is 0 Å². The van der Waals surface area contributed by atoms with Gasteiger partial charge in [-0.1, -0.05) is 23.2 Å². The highest BCUT2D eigenvalue weighted by Gasteiger charge is 2.06. The summed E-state index contributed by atoms with van der Waals surface area (Å²) in [6.07, 6.45) is 0. The van der Waals surface area contributed by atoms with Crippen molar-refractivity contribution in [1.82, 2.24) is 0 Å². The second-order valence-electron chi connectivity index (χ2n) is 2.46. The molecule has 2 N–H and O–H groups in total. The van der Waals surface area contributed by atoms with Crippen LogP contribution in [0.15, 0.2) is 12.1 Å². The Morgan fingerprint density at radius 3 is 2.54 bits per heavy atom. The standard InChI is InChI=1S/C8H7Cl2NO2/c1-4(12)11-7-3-8(13)6(10)2-5(7)9/h2-3,13H,1H3,(H,11,12). The van der Waals surface area contributed by atoms with E-state index in [9.17, 15) is 9.90 Å². The maximum absolute atomic E-state index is 10.7. The quantitative estimate of drug-likeness (QED) is 0.764. The topological polar surface area (TPSA) is 49.3 Å². The van der Waals surface area contributed by atoms with Crippen LogP contribution in [0.25, 0.3) is 0 Å². The van der Waals surface area contributed by atoms with Gasteiger partial charge in [0.2, 0.25) is 5.91 Å². The highest BCUT2D eigenvalue weighted by atomic mass is 35.5. The lowest BCUT2D eigenvalue weighted by molar-refractivity contribution is -0.114. The molecular formula is C8H7Cl2NO2. The molecule has 3 nitrogen and oxygen atoms in total. The Labute approximate surface area is 85.3 Å². The second kappa shape index (κ2) is 3.85. The van der Waals surface area contributed by atoms with Crippen LogP contribution in [-0.2, 0) is 4.79 Å². The number of anilines is 1. The summed E-state index contributed by atoms with van der Waals surface area (Å²) in [5.74, 6) is -0.376. The van der Waals surface area contributed by atoms with Gasteiger partial charge in [-0.2, -0.15) is 0 Å². The lowest BCUT2D eigenvalue weighted by Crippen LogP contribution is -2.05. The molecule has 0 aliphatic rings. The summed E-state index contributed by atoms with van der Waals surface area (Å²) in [5.41, 5.74) is 0.344. The molecular weight excluding hydrogens is 213 g/mol. The molecule has 0 aliphatic carbocycles. The number of phenols is 1. The van der Waals surface area contributed by atoms with Crippen LogP contribution in [0.1, 0.15) is 6.92 Å². The van der Waals surface area contributed by atoms with Crippen molar-refractivity contribution < 1.29 is 9.90 Å². The van der Waals surface area contributed by atoms with E-state index in [1.165, 1.54) is 19.1 Å². The summed E-state index contributed by atoms with van der Waals surface area (Å²) in [6.45, 7) is 1.35. The lowest BCUT2D eigenvalue weighted by atomic mass is 10.3. The average Bonchev–Trinajstić information content (AvgIpc) is 1.99. The Morgan fingerprint density at radius 1 is 1.38 bits per heavy atom. The largest absolute Gasteiger partial charge is 0.506 e. The zero-order chi connectivity index (χ0) is 10.0. The first kappa shape index (κ1) is 10.2. The first-order valence-corrected chi connectivity index (χ1v) is 4.22. The fourth-order valence-electron chi connectivity index (χ4n) is 0.823. The molecule has 0 aliphatic heterocycles. The van der Waals surface area contributed by atoms with Gasteiger partial charge in [0.1, 0.15) is 5.75 Å². The molecule has 0 saturated carbocycles. The molecule has 1 aromatic carbocycles. The summed E-state index contributed by atoms with van der Waals surface area (Å²) in [7, 11) is 0. The summed E-state index contributed by atoms with van der Waals surface area (Å²) in [4.78, 5) is 10.7. The molecule has 70 valence electrons. The zero-order valence-electron chi connectivity index (χ0n) is 6.77. The van der Waals surface area contributed by atoms with E-state index in [2.05, 4.69) is 5.32 Å². The number of aromatic hydroxyl groups is 1. The van der Waals surface area contributed by atoms with Crippen molar-refractivity contribution >= 4 is 34.8 Å². The number of halogens is 2. The molecule has 0 atom stereocenters. The van der Waals surface area contributed by atoms with Gasteiger partial charge in [-0.15, -0.1) is 0 Å². The molecule has 1 amide bonds. The first-order chi connectivity index (χ1) is 6.00. The molecule has 0 spiro atoms. The minimum Gasteiger partial charge on any atom is -0.506 e. The van der Waals surface area contributed by atoms with Gasteiger partial charge in [0.25, 0.3) is 0 Å². The predicted molar refractivity (Wildman–Crippen MR) is 52.4 cm³/mol. The van der Waals surface area contributed by atoms with Gasteiger partial charge in [-0.3, -0.25) is 4.79 Å². The average molecular weight is 220 g/mol. The number of carbonyl (C=O) groups excluding carboxylic acids is 1. The normalized spacial score (nSPS) is 9.77. The third-order valence-electron chi connectivity index (χ3n) is 1.35. The minimum absolute atomic E-state index is 0.116. The maximum atomic E-state index is 10.7. The van der Waals surface area contributed by atoms with Gasteiger partial charge in [-0.25, -0.2) is 0 Å². The van der Waals surface area contributed by atoms with Crippen molar-refractivity contribution in [3.05, 3.63) is 22.2 Å². The van der Waals surface area contributed by atoms with Crippen molar-refractivity contribution in [2.75, 3.05) is 5.32 Å². The van der Waals surface area contributed by atoms with Gasteiger partial charge in [0, 0.05) is 13.0 Å². The fourth-order valence-corrected chi connectivity index (χ4v) is 1.25. The Morgan fingerprint density at radius 2 is 2.00 bits per heavy atom. The minimum atomic E-state index is -0.261. The Kier molecular flexibility index (Phi) is 3.01. The molecule has 0 fully saturated rings. The molecule has 0 unspecified atom stereocenters. The van der Waals surface area contributed by atoms with Gasteiger partial charge in [-0.05, 0) is 6.07 Å². The number of phenolic OH excluding ortho intramolecular Hbond substituents is 1. The van der Waals surface area contributed by atoms with Gasteiger partial charge in [0.15, 0.2) is 0 Å². The van der Waals surface area contributed by atoms with E-state index in [4.69, 9.17) is 23.2 Å². The number of rotatable bonds is 1. The molecule has 13 heavy (non-hydrogen) atoms. The van der Waals surface area contributed by atoms with Crippen LogP contribution in [0, 0.1) is 0 Å². The van der Waals surface area contributed by atoms with Crippen molar-refractivity contribution in [2.45, 2.75) is 6.92 Å². The highest BCUT2D eigenvalue weighted by molar-refractivity contribution is 6.37. The van der Waals surface area contributed by atoms with Crippen molar-refractivity contribution in [1.29, 1.82) is 0 Å².